The molecule has 9 unspecified atom stereocenters. The Hall–Kier alpha value is -3.25. The third-order valence-electron chi connectivity index (χ3n) is 7.46. The van der Waals surface area contributed by atoms with E-state index in [1.165, 1.54) is 25.3 Å². The number of hydrogen-bond acceptors (Lipinski definition) is 15. The van der Waals surface area contributed by atoms with Crippen molar-refractivity contribution in [3.05, 3.63) is 41.5 Å². The van der Waals surface area contributed by atoms with Crippen LogP contribution in [0.1, 0.15) is 28.4 Å². The molecule has 15 nitrogen and oxygen atoms in total. The van der Waals surface area contributed by atoms with Crippen LogP contribution >= 0.6 is 0 Å². The Bertz CT molecular complexity index is 1300. The van der Waals surface area contributed by atoms with E-state index in [0.29, 0.717) is 5.56 Å². The number of aromatic hydroxyl groups is 1. The van der Waals surface area contributed by atoms with Gasteiger partial charge in [-0.2, -0.15) is 0 Å². The first-order valence-corrected chi connectivity index (χ1v) is 13.0. The van der Waals surface area contributed by atoms with E-state index in [1.807, 2.05) is 0 Å². The van der Waals surface area contributed by atoms with Crippen molar-refractivity contribution in [2.45, 2.75) is 61.2 Å². The molecule has 2 saturated heterocycles. The molecule has 42 heavy (non-hydrogen) atoms. The average molecular weight is 597 g/mol. The van der Waals surface area contributed by atoms with Crippen molar-refractivity contribution >= 4 is 5.78 Å². The Kier molecular flexibility index (Phi) is 8.48. The molecule has 15 heteroatoms. The van der Waals surface area contributed by atoms with Gasteiger partial charge in [-0.1, -0.05) is 6.07 Å². The molecule has 230 valence electrons. The van der Waals surface area contributed by atoms with Gasteiger partial charge in [-0.05, 0) is 17.7 Å². The van der Waals surface area contributed by atoms with E-state index in [0.717, 1.165) is 6.07 Å². The summed E-state index contributed by atoms with van der Waals surface area (Å²) in [6, 6.07) is 6.99. The van der Waals surface area contributed by atoms with E-state index >= 15 is 0 Å². The molecule has 3 aliphatic heterocycles. The Labute approximate surface area is 238 Å². The summed E-state index contributed by atoms with van der Waals surface area (Å²) in [6.45, 7) is -1.74. The quantitative estimate of drug-likeness (QED) is 0.166. The van der Waals surface area contributed by atoms with Gasteiger partial charge in [-0.15, -0.1) is 0 Å². The maximum atomic E-state index is 13.0. The van der Waals surface area contributed by atoms with E-state index in [1.54, 1.807) is 6.07 Å². The molecule has 3 aliphatic rings. The summed E-state index contributed by atoms with van der Waals surface area (Å²) in [4.78, 5) is 13.0. The molecule has 2 aromatic rings. The third-order valence-corrected chi connectivity index (χ3v) is 7.46. The van der Waals surface area contributed by atoms with Crippen molar-refractivity contribution in [2.75, 3.05) is 26.9 Å². The molecule has 0 spiro atoms. The monoisotopic (exact) mass is 596 g/mol. The number of hydrogen-bond donors (Lipinski definition) is 8. The zero-order chi connectivity index (χ0) is 30.3. The minimum absolute atomic E-state index is 0.0408. The first-order valence-electron chi connectivity index (χ1n) is 13.0. The van der Waals surface area contributed by atoms with Crippen LogP contribution < -0.4 is 18.9 Å². The molecule has 0 bridgehead atoms. The molecule has 2 fully saturated rings. The van der Waals surface area contributed by atoms with Gasteiger partial charge in [0.15, 0.2) is 17.3 Å². The molecule has 0 aliphatic carbocycles. The molecule has 5 rings (SSSR count). The van der Waals surface area contributed by atoms with E-state index in [9.17, 15) is 45.6 Å². The second-order valence-corrected chi connectivity index (χ2v) is 10.3. The molecule has 0 saturated carbocycles. The molecular weight excluding hydrogens is 564 g/mol. The molecule has 0 radical (unpaired) electrons. The van der Waals surface area contributed by atoms with E-state index in [4.69, 9.17) is 28.4 Å². The lowest BCUT2D eigenvalue weighted by Gasteiger charge is -2.39. The second kappa shape index (κ2) is 11.8. The van der Waals surface area contributed by atoms with Crippen LogP contribution in [0.15, 0.2) is 30.3 Å². The predicted molar refractivity (Wildman–Crippen MR) is 136 cm³/mol. The number of Topliss-reactive ketones (excluding diaryl/α,β-unsaturated/α-hetero) is 1. The highest BCUT2D eigenvalue weighted by molar-refractivity contribution is 6.02. The number of methoxy groups -OCH3 is 1. The first kappa shape index (κ1) is 30.2. The molecule has 3 heterocycles. The second-order valence-electron chi connectivity index (χ2n) is 10.3. The number of carbonyl (C=O) groups is 1. The van der Waals surface area contributed by atoms with Crippen LogP contribution in [0.4, 0.5) is 0 Å². The molecule has 8 N–H and O–H groups in total. The van der Waals surface area contributed by atoms with Crippen LogP contribution in [-0.4, -0.2) is 122 Å². The number of carbonyl (C=O) groups excluding carboxylic acids is 1. The Balaban J connectivity index is 1.35. The van der Waals surface area contributed by atoms with Crippen LogP contribution in [0.5, 0.6) is 28.7 Å². The van der Waals surface area contributed by atoms with E-state index in [-0.39, 0.29) is 41.6 Å². The van der Waals surface area contributed by atoms with E-state index < -0.39 is 79.6 Å². The maximum absolute atomic E-state index is 13.0. The van der Waals surface area contributed by atoms with Crippen molar-refractivity contribution in [3.8, 4) is 28.7 Å². The smallest absolute Gasteiger partial charge is 0.229 e. The SMILES string of the molecule is COc1cc(C2CC(=O)c3c(O)cc(OC4OC(CO)C(O)C(O)C4O)cc3O2)ccc1OC1OCC(O)(CO)C1O. The van der Waals surface area contributed by atoms with Crippen LogP contribution in [0.25, 0.3) is 0 Å². The van der Waals surface area contributed by atoms with Crippen LogP contribution in [0, 0.1) is 0 Å². The summed E-state index contributed by atoms with van der Waals surface area (Å²) in [7, 11) is 1.37. The summed E-state index contributed by atoms with van der Waals surface area (Å²) >= 11 is 0. The lowest BCUT2D eigenvalue weighted by Crippen LogP contribution is -2.60. The molecule has 0 aromatic heterocycles. The summed E-state index contributed by atoms with van der Waals surface area (Å²) < 4.78 is 33.3. The fourth-order valence-corrected chi connectivity index (χ4v) is 4.97. The van der Waals surface area contributed by atoms with Crippen molar-refractivity contribution in [2.24, 2.45) is 0 Å². The molecule has 0 amide bonds. The topological polar surface area (TPSA) is 234 Å². The van der Waals surface area contributed by atoms with Gasteiger partial charge in [0.05, 0.1) is 33.4 Å². The summed E-state index contributed by atoms with van der Waals surface area (Å²) in [5, 5.41) is 80.1. The third kappa shape index (κ3) is 5.46. The Morgan fingerprint density at radius 2 is 1.74 bits per heavy atom. The normalized spacial score (nSPS) is 34.4. The van der Waals surface area contributed by atoms with Gasteiger partial charge >= 0.3 is 0 Å². The number of aliphatic hydroxyl groups is 7. The highest BCUT2D eigenvalue weighted by Gasteiger charge is 2.49. The summed E-state index contributed by atoms with van der Waals surface area (Å²) in [5.41, 5.74) is -1.49. The fraction of sp³-hybridized carbons (Fsp3) is 0.519. The number of fused-ring (bicyclic) bond motifs is 1. The minimum Gasteiger partial charge on any atom is -0.507 e. The van der Waals surface area contributed by atoms with Crippen LogP contribution in [0.3, 0.4) is 0 Å². The minimum atomic E-state index is -1.88. The number of ether oxygens (including phenoxy) is 6. The standard InChI is InChI=1S/C27H32O15/c1-37-17-4-11(2-3-15(17)41-26-24(35)27(36,9-29)10-38-26)16-7-14(31)20-13(30)5-12(6-18(20)40-16)39-25-23(34)22(33)21(32)19(8-28)42-25/h2-6,16,19,21-26,28-30,32-36H,7-10H2,1H3. The van der Waals surface area contributed by atoms with Crippen molar-refractivity contribution in [3.63, 3.8) is 0 Å². The molecular formula is C27H32O15. The predicted octanol–water partition coefficient (Wildman–Crippen LogP) is -1.89. The van der Waals surface area contributed by atoms with Gasteiger partial charge in [0.1, 0.15) is 65.0 Å². The number of phenolic OH excluding ortho intramolecular Hbond substituents is 1. The van der Waals surface area contributed by atoms with E-state index in [2.05, 4.69) is 0 Å². The highest BCUT2D eigenvalue weighted by atomic mass is 16.7. The van der Waals surface area contributed by atoms with Gasteiger partial charge in [0.2, 0.25) is 12.6 Å². The highest BCUT2D eigenvalue weighted by Crippen LogP contribution is 2.44. The van der Waals surface area contributed by atoms with Crippen LogP contribution in [0.2, 0.25) is 0 Å². The summed E-state index contributed by atoms with van der Waals surface area (Å²) in [6.07, 6.45) is -11.5. The number of rotatable bonds is 8. The lowest BCUT2D eigenvalue weighted by atomic mass is 9.95. The van der Waals surface area contributed by atoms with Gasteiger partial charge < -0.3 is 69.3 Å². The number of aliphatic hydroxyl groups excluding tert-OH is 6. The number of phenols is 1. The Morgan fingerprint density at radius 1 is 0.976 bits per heavy atom. The molecule has 9 atom stereocenters. The van der Waals surface area contributed by atoms with Crippen LogP contribution in [-0.2, 0) is 9.47 Å². The summed E-state index contributed by atoms with van der Waals surface area (Å²) in [5.74, 6) is -0.711. The van der Waals surface area contributed by atoms with Gasteiger partial charge in [-0.3, -0.25) is 4.79 Å². The zero-order valence-electron chi connectivity index (χ0n) is 22.3. The number of benzene rings is 2. The molecule has 2 aromatic carbocycles. The van der Waals surface area contributed by atoms with Crippen molar-refractivity contribution < 1.29 is 74.1 Å². The van der Waals surface area contributed by atoms with Gasteiger partial charge in [0.25, 0.3) is 0 Å². The van der Waals surface area contributed by atoms with Gasteiger partial charge in [0, 0.05) is 12.1 Å². The largest absolute Gasteiger partial charge is 0.507 e. The first-order chi connectivity index (χ1) is 20.0. The Morgan fingerprint density at radius 3 is 2.40 bits per heavy atom. The maximum Gasteiger partial charge on any atom is 0.229 e. The van der Waals surface area contributed by atoms with Gasteiger partial charge in [-0.25, -0.2) is 0 Å². The average Bonchev–Trinajstić information content (AvgIpc) is 3.26. The van der Waals surface area contributed by atoms with Crippen molar-refractivity contribution in [1.82, 2.24) is 0 Å². The number of ketones is 1. The zero-order valence-corrected chi connectivity index (χ0v) is 22.3. The fourth-order valence-electron chi connectivity index (χ4n) is 4.97. The lowest BCUT2D eigenvalue weighted by molar-refractivity contribution is -0.277. The van der Waals surface area contributed by atoms with Crippen molar-refractivity contribution in [1.29, 1.82) is 0 Å².